The zero-order valence-electron chi connectivity index (χ0n) is 22.7. The molecule has 2 aromatic heterocycles. The minimum atomic E-state index is -0.608. The molecular formula is C33H27FN4O3. The number of benzene rings is 3. The van der Waals surface area contributed by atoms with Gasteiger partial charge in [0.1, 0.15) is 16.8 Å². The molecule has 2 aliphatic rings. The Morgan fingerprint density at radius 1 is 1.10 bits per heavy atom. The highest BCUT2D eigenvalue weighted by atomic mass is 19.1. The number of rotatable bonds is 6. The van der Waals surface area contributed by atoms with Crippen molar-refractivity contribution in [2.45, 2.75) is 19.8 Å². The van der Waals surface area contributed by atoms with Gasteiger partial charge in [-0.05, 0) is 65.9 Å². The molecule has 1 amide bonds. The number of nitrogens with one attached hydrogen (secondary N) is 1. The van der Waals surface area contributed by atoms with Crippen molar-refractivity contribution in [1.82, 2.24) is 14.5 Å². The first-order valence-electron chi connectivity index (χ1n) is 13.7. The van der Waals surface area contributed by atoms with Gasteiger partial charge in [-0.2, -0.15) is 0 Å². The highest BCUT2D eigenvalue weighted by molar-refractivity contribution is 6.01. The molecule has 0 unspecified atom stereocenters. The number of aromatic nitrogens is 2. The van der Waals surface area contributed by atoms with Crippen molar-refractivity contribution in [3.8, 4) is 28.3 Å². The van der Waals surface area contributed by atoms with Gasteiger partial charge >= 0.3 is 0 Å². The topological polar surface area (TPSA) is 76.5 Å². The predicted octanol–water partition coefficient (Wildman–Crippen LogP) is 5.95. The van der Waals surface area contributed by atoms with Crippen LogP contribution in [0.1, 0.15) is 34.1 Å². The summed E-state index contributed by atoms with van der Waals surface area (Å²) in [5.41, 5.74) is 6.14. The predicted molar refractivity (Wildman–Crippen MR) is 157 cm³/mol. The molecule has 0 atom stereocenters. The van der Waals surface area contributed by atoms with Crippen molar-refractivity contribution >= 4 is 22.5 Å². The smallest absolute Gasteiger partial charge is 0.259 e. The average Bonchev–Trinajstić information content (AvgIpc) is 3.35. The van der Waals surface area contributed by atoms with E-state index in [-0.39, 0.29) is 22.4 Å². The van der Waals surface area contributed by atoms with Gasteiger partial charge in [-0.1, -0.05) is 30.3 Å². The monoisotopic (exact) mass is 546 g/mol. The summed E-state index contributed by atoms with van der Waals surface area (Å²) >= 11 is 0. The van der Waals surface area contributed by atoms with Crippen LogP contribution in [0.25, 0.3) is 27.7 Å². The minimum absolute atomic E-state index is 0.0312. The van der Waals surface area contributed by atoms with Crippen LogP contribution in [-0.4, -0.2) is 40.5 Å². The van der Waals surface area contributed by atoms with E-state index in [1.807, 2.05) is 54.0 Å². The molecule has 0 fully saturated rings. The molecule has 0 radical (unpaired) electrons. The van der Waals surface area contributed by atoms with Gasteiger partial charge < -0.3 is 19.5 Å². The maximum Gasteiger partial charge on any atom is 0.259 e. The van der Waals surface area contributed by atoms with Crippen LogP contribution in [0, 0.1) is 5.82 Å². The van der Waals surface area contributed by atoms with Crippen molar-refractivity contribution in [1.29, 1.82) is 0 Å². The average molecular weight is 547 g/mol. The Kier molecular flexibility index (Phi) is 5.85. The van der Waals surface area contributed by atoms with E-state index in [2.05, 4.69) is 22.4 Å². The number of anilines is 1. The lowest BCUT2D eigenvalue weighted by atomic mass is 10.0. The van der Waals surface area contributed by atoms with Crippen LogP contribution in [0.15, 0.2) is 77.9 Å². The Morgan fingerprint density at radius 2 is 1.93 bits per heavy atom. The van der Waals surface area contributed by atoms with E-state index in [1.165, 1.54) is 16.5 Å². The number of hydrogen-bond acceptors (Lipinski definition) is 5. The van der Waals surface area contributed by atoms with Crippen molar-refractivity contribution in [2.75, 3.05) is 25.5 Å². The number of ether oxygens (including phenoxy) is 1. The lowest BCUT2D eigenvalue weighted by Crippen LogP contribution is -2.33. The Morgan fingerprint density at radius 3 is 2.73 bits per heavy atom. The largest absolute Gasteiger partial charge is 0.451 e. The zero-order chi connectivity index (χ0) is 28.2. The molecule has 7 nitrogen and oxygen atoms in total. The molecule has 1 N–H and O–H groups in total. The van der Waals surface area contributed by atoms with Crippen molar-refractivity contribution in [3.05, 3.63) is 111 Å². The lowest BCUT2D eigenvalue weighted by Gasteiger charge is -2.27. The minimum Gasteiger partial charge on any atom is -0.451 e. The number of amides is 1. The molecule has 0 saturated heterocycles. The summed E-state index contributed by atoms with van der Waals surface area (Å²) < 4.78 is 23.6. The van der Waals surface area contributed by atoms with Crippen LogP contribution in [0.5, 0.6) is 11.5 Å². The van der Waals surface area contributed by atoms with Gasteiger partial charge in [-0.3, -0.25) is 14.6 Å². The molecule has 7 rings (SSSR count). The lowest BCUT2D eigenvalue weighted by molar-refractivity contribution is 0.0794. The summed E-state index contributed by atoms with van der Waals surface area (Å²) in [7, 11) is 1.66. The second-order valence-corrected chi connectivity index (χ2v) is 10.4. The van der Waals surface area contributed by atoms with Gasteiger partial charge in [0.15, 0.2) is 17.3 Å². The van der Waals surface area contributed by atoms with Crippen molar-refractivity contribution < 1.29 is 13.9 Å². The molecule has 204 valence electrons. The zero-order valence-corrected chi connectivity index (χ0v) is 22.7. The van der Waals surface area contributed by atoms with E-state index in [0.29, 0.717) is 36.5 Å². The first-order chi connectivity index (χ1) is 19.9. The second kappa shape index (κ2) is 9.59. The van der Waals surface area contributed by atoms with E-state index >= 15 is 4.39 Å². The third-order valence-corrected chi connectivity index (χ3v) is 7.90. The van der Waals surface area contributed by atoms with Crippen LogP contribution in [0.4, 0.5) is 10.1 Å². The fraction of sp³-hybridized carbons (Fsp3) is 0.182. The van der Waals surface area contributed by atoms with Gasteiger partial charge in [-0.15, -0.1) is 0 Å². The normalized spacial score (nSPS) is 12.4. The number of carbonyl (C=O) groups is 1. The van der Waals surface area contributed by atoms with Crippen LogP contribution >= 0.6 is 0 Å². The van der Waals surface area contributed by atoms with Crippen LogP contribution < -0.4 is 15.5 Å². The van der Waals surface area contributed by atoms with Gasteiger partial charge in [0, 0.05) is 44.6 Å². The molecule has 0 saturated carbocycles. The Hall–Kier alpha value is -4.98. The highest BCUT2D eigenvalue weighted by Gasteiger charge is 2.31. The maximum atomic E-state index is 15.5. The quantitative estimate of drug-likeness (QED) is 0.279. The van der Waals surface area contributed by atoms with Crippen LogP contribution in [0.3, 0.4) is 0 Å². The van der Waals surface area contributed by atoms with Gasteiger partial charge in [-0.25, -0.2) is 4.39 Å². The van der Waals surface area contributed by atoms with Crippen LogP contribution in [0.2, 0.25) is 0 Å². The molecular weight excluding hydrogens is 519 g/mol. The van der Waals surface area contributed by atoms with Crippen molar-refractivity contribution in [2.24, 2.45) is 0 Å². The first kappa shape index (κ1) is 25.0. The number of likely N-dealkylation sites (N-methyl/N-ethyl adjacent to an activating group) is 1. The third-order valence-electron chi connectivity index (χ3n) is 7.90. The summed E-state index contributed by atoms with van der Waals surface area (Å²) in [6.45, 7) is 2.70. The van der Waals surface area contributed by atoms with Gasteiger partial charge in [0.2, 0.25) is 5.43 Å². The Balaban J connectivity index is 1.40. The fourth-order valence-electron chi connectivity index (χ4n) is 5.87. The number of pyridine rings is 2. The van der Waals surface area contributed by atoms with E-state index in [9.17, 15) is 9.59 Å². The summed E-state index contributed by atoms with van der Waals surface area (Å²) in [4.78, 5) is 33.3. The Bertz CT molecular complexity index is 1930. The molecule has 0 spiro atoms. The SMILES string of the molecule is CCNc1c(F)cc2c(=O)c(C(=O)N(C)CCc3ccccn3)cn3c2c1Oc1cc2c(cc1-3)-c1ccccc1C2. The third kappa shape index (κ3) is 3.97. The first-order valence-corrected chi connectivity index (χ1v) is 13.7. The number of halogens is 1. The molecule has 5 aromatic rings. The molecule has 1 aliphatic carbocycles. The number of fused-ring (bicyclic) bond motifs is 5. The Labute approximate surface area is 235 Å². The molecule has 0 bridgehead atoms. The highest BCUT2D eigenvalue weighted by Crippen LogP contribution is 2.48. The standard InChI is InChI=1S/C33H27FN4O3/c1-3-35-29-26(34)16-24-30-32(29)41-28-15-20-14-19-8-4-5-10-22(19)23(20)17-27(28)38(30)18-25(31(24)39)33(40)37(2)13-11-21-9-6-7-12-36-21/h4-10,12,15-18,35H,3,11,13-14H2,1-2H3. The van der Waals surface area contributed by atoms with E-state index in [4.69, 9.17) is 4.74 Å². The molecule has 3 heterocycles. The fourth-order valence-corrected chi connectivity index (χ4v) is 5.87. The second-order valence-electron chi connectivity index (χ2n) is 10.4. The van der Waals surface area contributed by atoms with Gasteiger partial charge in [0.05, 0.1) is 11.1 Å². The molecule has 41 heavy (non-hydrogen) atoms. The molecule has 3 aromatic carbocycles. The summed E-state index contributed by atoms with van der Waals surface area (Å²) in [6, 6.07) is 19.1. The summed E-state index contributed by atoms with van der Waals surface area (Å²) in [5.74, 6) is -0.262. The number of nitrogens with zero attached hydrogens (tertiary/aromatic N) is 3. The van der Waals surface area contributed by atoms with Gasteiger partial charge in [0.25, 0.3) is 5.91 Å². The van der Waals surface area contributed by atoms with Crippen LogP contribution in [-0.2, 0) is 12.8 Å². The van der Waals surface area contributed by atoms with Crippen molar-refractivity contribution in [3.63, 3.8) is 0 Å². The summed E-state index contributed by atoms with van der Waals surface area (Å²) in [5, 5.41) is 3.15. The molecule has 1 aliphatic heterocycles. The summed E-state index contributed by atoms with van der Waals surface area (Å²) in [6.07, 6.45) is 4.59. The van der Waals surface area contributed by atoms with E-state index < -0.39 is 17.2 Å². The number of carbonyl (C=O) groups excluding carboxylic acids is 1. The van der Waals surface area contributed by atoms with E-state index in [1.54, 1.807) is 19.4 Å². The maximum absolute atomic E-state index is 15.5. The van der Waals surface area contributed by atoms with E-state index in [0.717, 1.165) is 28.8 Å². The number of hydrogen-bond donors (Lipinski definition) is 1. The molecule has 8 heteroatoms.